The minimum Gasteiger partial charge on any atom is -0.345 e. The molecular formula is C17H16N2O. The normalized spacial score (nSPS) is 10.9. The van der Waals surface area contributed by atoms with Gasteiger partial charge in [-0.1, -0.05) is 17.7 Å². The van der Waals surface area contributed by atoms with E-state index in [9.17, 15) is 4.79 Å². The van der Waals surface area contributed by atoms with Crippen LogP contribution < -0.4 is 0 Å². The molecule has 20 heavy (non-hydrogen) atoms. The highest BCUT2D eigenvalue weighted by Crippen LogP contribution is 2.24. The van der Waals surface area contributed by atoms with Gasteiger partial charge in [-0.05, 0) is 44.0 Å². The molecule has 0 unspecified atom stereocenters. The summed E-state index contributed by atoms with van der Waals surface area (Å²) < 4.78 is 0. The van der Waals surface area contributed by atoms with Gasteiger partial charge in [0.15, 0.2) is 5.78 Å². The monoisotopic (exact) mass is 264 g/mol. The molecule has 100 valence electrons. The molecule has 3 heteroatoms. The Kier molecular flexibility index (Phi) is 2.90. The average Bonchev–Trinajstić information content (AvgIpc) is 2.81. The molecule has 0 radical (unpaired) electrons. The number of hydrogen-bond donors (Lipinski definition) is 1. The van der Waals surface area contributed by atoms with Crippen molar-refractivity contribution < 1.29 is 4.79 Å². The molecule has 3 rings (SSSR count). The van der Waals surface area contributed by atoms with Gasteiger partial charge in [-0.2, -0.15) is 0 Å². The van der Waals surface area contributed by atoms with Crippen LogP contribution in [0.15, 0.2) is 36.7 Å². The molecule has 0 spiro atoms. The number of ketones is 1. The predicted molar refractivity (Wildman–Crippen MR) is 80.2 cm³/mol. The van der Waals surface area contributed by atoms with Crippen LogP contribution in [-0.2, 0) is 0 Å². The smallest absolute Gasteiger partial charge is 0.195 e. The number of H-pyrrole nitrogens is 1. The topological polar surface area (TPSA) is 45.8 Å². The van der Waals surface area contributed by atoms with Crippen LogP contribution in [0.4, 0.5) is 0 Å². The number of benzene rings is 1. The van der Waals surface area contributed by atoms with E-state index in [0.717, 1.165) is 27.7 Å². The molecule has 1 N–H and O–H groups in total. The lowest BCUT2D eigenvalue weighted by molar-refractivity contribution is 0.103. The highest BCUT2D eigenvalue weighted by molar-refractivity contribution is 6.17. The quantitative estimate of drug-likeness (QED) is 0.717. The molecule has 0 amide bonds. The van der Waals surface area contributed by atoms with Gasteiger partial charge in [-0.25, -0.2) is 4.98 Å². The zero-order chi connectivity index (χ0) is 14.3. The third-order valence-electron chi connectivity index (χ3n) is 3.60. The van der Waals surface area contributed by atoms with Gasteiger partial charge in [0.1, 0.15) is 5.65 Å². The van der Waals surface area contributed by atoms with Gasteiger partial charge in [0.05, 0.1) is 0 Å². The Hall–Kier alpha value is -2.42. The van der Waals surface area contributed by atoms with Crippen LogP contribution in [0.5, 0.6) is 0 Å². The Labute approximate surface area is 117 Å². The van der Waals surface area contributed by atoms with Gasteiger partial charge < -0.3 is 4.98 Å². The Morgan fingerprint density at radius 2 is 1.85 bits per heavy atom. The lowest BCUT2D eigenvalue weighted by atomic mass is 9.93. The maximum absolute atomic E-state index is 12.8. The number of nitrogens with zero attached hydrogens (tertiary/aromatic N) is 1. The summed E-state index contributed by atoms with van der Waals surface area (Å²) in [7, 11) is 0. The first kappa shape index (κ1) is 12.6. The van der Waals surface area contributed by atoms with Gasteiger partial charge >= 0.3 is 0 Å². The van der Waals surface area contributed by atoms with Crippen molar-refractivity contribution in [3.05, 3.63) is 64.5 Å². The Morgan fingerprint density at radius 3 is 2.55 bits per heavy atom. The first-order valence-corrected chi connectivity index (χ1v) is 6.62. The van der Waals surface area contributed by atoms with E-state index in [1.807, 2.05) is 45.0 Å². The third kappa shape index (κ3) is 1.92. The van der Waals surface area contributed by atoms with Crippen LogP contribution in [0.3, 0.4) is 0 Å². The zero-order valence-electron chi connectivity index (χ0n) is 11.8. The highest BCUT2D eigenvalue weighted by atomic mass is 16.1. The van der Waals surface area contributed by atoms with Gasteiger partial charge in [0.25, 0.3) is 0 Å². The summed E-state index contributed by atoms with van der Waals surface area (Å²) >= 11 is 0. The molecule has 0 aliphatic heterocycles. The van der Waals surface area contributed by atoms with Gasteiger partial charge in [0, 0.05) is 28.9 Å². The van der Waals surface area contributed by atoms with Crippen molar-refractivity contribution in [2.45, 2.75) is 20.8 Å². The highest BCUT2D eigenvalue weighted by Gasteiger charge is 2.18. The van der Waals surface area contributed by atoms with E-state index >= 15 is 0 Å². The van der Waals surface area contributed by atoms with Crippen LogP contribution >= 0.6 is 0 Å². The van der Waals surface area contributed by atoms with Crippen molar-refractivity contribution in [3.8, 4) is 0 Å². The first-order chi connectivity index (χ1) is 9.58. The van der Waals surface area contributed by atoms with Crippen LogP contribution in [0.1, 0.15) is 32.6 Å². The largest absolute Gasteiger partial charge is 0.345 e. The molecular weight excluding hydrogens is 248 g/mol. The number of nitrogens with one attached hydrogen (secondary N) is 1. The molecule has 0 bridgehead atoms. The van der Waals surface area contributed by atoms with E-state index in [-0.39, 0.29) is 5.78 Å². The summed E-state index contributed by atoms with van der Waals surface area (Å²) in [6.45, 7) is 6.02. The van der Waals surface area contributed by atoms with E-state index < -0.39 is 0 Å². The second kappa shape index (κ2) is 4.60. The Morgan fingerprint density at radius 1 is 1.15 bits per heavy atom. The molecule has 2 aromatic heterocycles. The van der Waals surface area contributed by atoms with Crippen LogP contribution in [0.25, 0.3) is 11.0 Å². The maximum atomic E-state index is 12.8. The Bertz CT molecular complexity index is 792. The van der Waals surface area contributed by atoms with Crippen LogP contribution in [0.2, 0.25) is 0 Å². The van der Waals surface area contributed by atoms with Crippen LogP contribution in [0, 0.1) is 20.8 Å². The number of aromatic nitrogens is 2. The van der Waals surface area contributed by atoms with Crippen molar-refractivity contribution in [1.29, 1.82) is 0 Å². The summed E-state index contributed by atoms with van der Waals surface area (Å²) in [5.74, 6) is 0.0549. The molecule has 0 saturated carbocycles. The second-order valence-electron chi connectivity index (χ2n) is 5.20. The number of pyridine rings is 1. The lowest BCUT2D eigenvalue weighted by Gasteiger charge is -2.09. The number of fused-ring (bicyclic) bond motifs is 1. The van der Waals surface area contributed by atoms with E-state index in [0.29, 0.717) is 5.56 Å². The Balaban J connectivity index is 2.19. The molecule has 0 aliphatic rings. The standard InChI is InChI=1S/C17H16N2O/c1-10-7-11(2)15(12(3)8-10)16(20)14-9-19-17-13(14)5-4-6-18-17/h4-9H,1-3H3,(H,18,19). The molecule has 2 heterocycles. The fraction of sp³-hybridized carbons (Fsp3) is 0.176. The average molecular weight is 264 g/mol. The summed E-state index contributed by atoms with van der Waals surface area (Å²) in [6.07, 6.45) is 3.47. The van der Waals surface area contributed by atoms with Crippen LogP contribution in [-0.4, -0.2) is 15.8 Å². The van der Waals surface area contributed by atoms with E-state index in [1.54, 1.807) is 12.4 Å². The lowest BCUT2D eigenvalue weighted by Crippen LogP contribution is -2.06. The van der Waals surface area contributed by atoms with Gasteiger partial charge in [-0.15, -0.1) is 0 Å². The predicted octanol–water partition coefficient (Wildman–Crippen LogP) is 3.72. The first-order valence-electron chi connectivity index (χ1n) is 6.62. The molecule has 0 fully saturated rings. The zero-order valence-corrected chi connectivity index (χ0v) is 11.8. The second-order valence-corrected chi connectivity index (χ2v) is 5.20. The fourth-order valence-electron chi connectivity index (χ4n) is 2.82. The number of aromatic amines is 1. The molecule has 3 aromatic rings. The van der Waals surface area contributed by atoms with Gasteiger partial charge in [0.2, 0.25) is 0 Å². The molecule has 0 atom stereocenters. The number of rotatable bonds is 2. The van der Waals surface area contributed by atoms with Crippen molar-refractivity contribution in [2.24, 2.45) is 0 Å². The van der Waals surface area contributed by atoms with Crippen molar-refractivity contribution in [3.63, 3.8) is 0 Å². The molecule has 0 aliphatic carbocycles. The number of hydrogen-bond acceptors (Lipinski definition) is 2. The van der Waals surface area contributed by atoms with Gasteiger partial charge in [-0.3, -0.25) is 4.79 Å². The minimum atomic E-state index is 0.0549. The number of carbonyl (C=O) groups is 1. The SMILES string of the molecule is Cc1cc(C)c(C(=O)c2c[nH]c3ncccc23)c(C)c1. The summed E-state index contributed by atoms with van der Waals surface area (Å²) in [6, 6.07) is 7.87. The maximum Gasteiger partial charge on any atom is 0.195 e. The van der Waals surface area contributed by atoms with Crippen molar-refractivity contribution in [2.75, 3.05) is 0 Å². The number of carbonyl (C=O) groups excluding carboxylic acids is 1. The van der Waals surface area contributed by atoms with E-state index in [2.05, 4.69) is 9.97 Å². The minimum absolute atomic E-state index is 0.0549. The summed E-state index contributed by atoms with van der Waals surface area (Å²) in [5, 5.41) is 0.872. The summed E-state index contributed by atoms with van der Waals surface area (Å²) in [4.78, 5) is 20.1. The van der Waals surface area contributed by atoms with Crippen molar-refractivity contribution in [1.82, 2.24) is 9.97 Å². The molecule has 3 nitrogen and oxygen atoms in total. The molecule has 1 aromatic carbocycles. The fourth-order valence-corrected chi connectivity index (χ4v) is 2.82. The van der Waals surface area contributed by atoms with Crippen molar-refractivity contribution >= 4 is 16.8 Å². The summed E-state index contributed by atoms with van der Waals surface area (Å²) in [5.41, 5.74) is 5.44. The van der Waals surface area contributed by atoms with E-state index in [1.165, 1.54) is 5.56 Å². The third-order valence-corrected chi connectivity index (χ3v) is 3.60. The van der Waals surface area contributed by atoms with E-state index in [4.69, 9.17) is 0 Å². The molecule has 0 saturated heterocycles. The number of aryl methyl sites for hydroxylation is 3.